The van der Waals surface area contributed by atoms with Crippen LogP contribution in [0.5, 0.6) is 0 Å². The van der Waals surface area contributed by atoms with Gasteiger partial charge in [0.15, 0.2) is 5.45 Å². The smallest absolute Gasteiger partial charge is 0.806 e. The van der Waals surface area contributed by atoms with Gasteiger partial charge in [0.1, 0.15) is 0 Å². The van der Waals surface area contributed by atoms with E-state index >= 15 is 0 Å². The third-order valence-electron chi connectivity index (χ3n) is 2.68. The molecule has 0 aliphatic heterocycles. The maximum Gasteiger partial charge on any atom is 1.00 e. The van der Waals surface area contributed by atoms with Crippen molar-refractivity contribution in [2.75, 3.05) is 0 Å². The van der Waals surface area contributed by atoms with Crippen LogP contribution in [0.4, 0.5) is 0 Å². The SMILES string of the molecule is O=P([O-])([O-])C(CCCCCCCC(=NO)P(=O)(O)O)=NO.[Na+].[Na+]. The summed E-state index contributed by atoms with van der Waals surface area (Å²) in [5, 5.41) is 21.8. The molecule has 23 heavy (non-hydrogen) atoms. The Morgan fingerprint density at radius 2 is 1.13 bits per heavy atom. The molecule has 0 spiro atoms. The van der Waals surface area contributed by atoms with Crippen LogP contribution in [0, 0.1) is 0 Å². The van der Waals surface area contributed by atoms with Gasteiger partial charge in [0.25, 0.3) is 0 Å². The maximum absolute atomic E-state index is 10.8. The molecule has 0 radical (unpaired) electrons. The van der Waals surface area contributed by atoms with Crippen molar-refractivity contribution in [3.8, 4) is 0 Å². The zero-order valence-corrected chi connectivity index (χ0v) is 18.9. The molecule has 10 nitrogen and oxygen atoms in total. The number of hydrogen-bond acceptors (Lipinski definition) is 8. The molecule has 0 saturated heterocycles. The third kappa shape index (κ3) is 14.1. The van der Waals surface area contributed by atoms with E-state index in [1.54, 1.807) is 0 Å². The fraction of sp³-hybridized carbons (Fsp3) is 0.778. The van der Waals surface area contributed by atoms with Gasteiger partial charge >= 0.3 is 66.7 Å². The van der Waals surface area contributed by atoms with E-state index in [0.717, 1.165) is 0 Å². The van der Waals surface area contributed by atoms with Crippen molar-refractivity contribution < 1.29 is 98.2 Å². The summed E-state index contributed by atoms with van der Waals surface area (Å²) in [7, 11) is -9.52. The van der Waals surface area contributed by atoms with Crippen LogP contribution in [-0.2, 0) is 9.13 Å². The molecule has 0 bridgehead atoms. The third-order valence-corrected chi connectivity index (χ3v) is 4.61. The minimum Gasteiger partial charge on any atom is -0.806 e. The fourth-order valence-corrected chi connectivity index (χ4v) is 2.70. The summed E-state index contributed by atoms with van der Waals surface area (Å²) in [4.78, 5) is 38.8. The summed E-state index contributed by atoms with van der Waals surface area (Å²) in [5.41, 5.74) is -1.35. The van der Waals surface area contributed by atoms with Gasteiger partial charge in [-0.3, -0.25) is 4.57 Å². The Labute approximate surface area is 178 Å². The minimum atomic E-state index is -5.00. The molecule has 0 aromatic heterocycles. The van der Waals surface area contributed by atoms with Crippen LogP contribution in [0.25, 0.3) is 0 Å². The first-order chi connectivity index (χ1) is 9.62. The van der Waals surface area contributed by atoms with Gasteiger partial charge in [-0.1, -0.05) is 29.6 Å². The van der Waals surface area contributed by atoms with Crippen LogP contribution < -0.4 is 68.9 Å². The molecule has 0 unspecified atom stereocenters. The number of unbranched alkanes of at least 4 members (excludes halogenated alkanes) is 4. The average molecular weight is 390 g/mol. The van der Waals surface area contributed by atoms with Crippen LogP contribution in [0.3, 0.4) is 0 Å². The molecule has 14 heteroatoms. The van der Waals surface area contributed by atoms with E-state index in [1.807, 2.05) is 0 Å². The molecule has 124 valence electrons. The summed E-state index contributed by atoms with van der Waals surface area (Å²) >= 11 is 0. The first-order valence-electron chi connectivity index (χ1n) is 6.13. The molecule has 0 aromatic carbocycles. The van der Waals surface area contributed by atoms with E-state index in [0.29, 0.717) is 32.1 Å². The Bertz CT molecular complexity index is 434. The minimum absolute atomic E-state index is 0. The summed E-state index contributed by atoms with van der Waals surface area (Å²) in [6.45, 7) is 0. The number of hydrogen-bond donors (Lipinski definition) is 4. The quantitative estimate of drug-likeness (QED) is 0.0710. The predicted octanol–water partition coefficient (Wildman–Crippen LogP) is -5.61. The molecule has 4 N–H and O–H groups in total. The molecule has 0 aliphatic carbocycles. The van der Waals surface area contributed by atoms with Crippen molar-refractivity contribution in [1.29, 1.82) is 0 Å². The summed E-state index contributed by atoms with van der Waals surface area (Å²) in [5.74, 6) is 0. The molecule has 0 fully saturated rings. The van der Waals surface area contributed by atoms with Crippen molar-refractivity contribution in [2.24, 2.45) is 10.3 Å². The Hall–Kier alpha value is 1.24. The van der Waals surface area contributed by atoms with Gasteiger partial charge in [-0.15, -0.1) is 0 Å². The van der Waals surface area contributed by atoms with Gasteiger partial charge in [-0.05, 0) is 26.9 Å². The number of nitrogens with zero attached hydrogens (tertiary/aromatic N) is 2. The molecular weight excluding hydrogens is 372 g/mol. The van der Waals surface area contributed by atoms with Crippen LogP contribution in [0.1, 0.15) is 44.9 Å². The average Bonchev–Trinajstić information content (AvgIpc) is 2.34. The zero-order valence-electron chi connectivity index (χ0n) is 13.2. The number of rotatable bonds is 10. The van der Waals surface area contributed by atoms with Gasteiger partial charge in [-0.25, -0.2) is 0 Å². The summed E-state index contributed by atoms with van der Waals surface area (Å²) in [6.07, 6.45) is 2.31. The van der Waals surface area contributed by atoms with E-state index in [4.69, 9.17) is 20.2 Å². The van der Waals surface area contributed by atoms with Crippen molar-refractivity contribution in [1.82, 2.24) is 0 Å². The van der Waals surface area contributed by atoms with Crippen molar-refractivity contribution in [3.63, 3.8) is 0 Å². The molecule has 0 aliphatic rings. The second-order valence-corrected chi connectivity index (χ2v) is 7.46. The second-order valence-electron chi connectivity index (χ2n) is 4.34. The van der Waals surface area contributed by atoms with Crippen LogP contribution >= 0.6 is 15.2 Å². The standard InChI is InChI=1S/C9H20N2O8P2.2Na/c12-10-8(20(14,15)16)6-4-2-1-3-5-7-9(11-13)21(17,18)19;;/h12-13H,1-7H2,(H2,14,15,16)(H2,17,18,19);;/q;2*+1/p-2. The van der Waals surface area contributed by atoms with E-state index in [-0.39, 0.29) is 72.0 Å². The first kappa shape index (κ1) is 29.0. The molecule has 0 heterocycles. The maximum atomic E-state index is 10.8. The molecule has 0 saturated carbocycles. The van der Waals surface area contributed by atoms with Gasteiger partial charge in [0.2, 0.25) is 0 Å². The van der Waals surface area contributed by atoms with Crippen LogP contribution in [0.15, 0.2) is 10.3 Å². The molecule has 0 atom stereocenters. The Kier molecular flexibility index (Phi) is 18.2. The summed E-state index contributed by atoms with van der Waals surface area (Å²) in [6, 6.07) is 0. The largest absolute Gasteiger partial charge is 1.00 e. The second kappa shape index (κ2) is 14.4. The van der Waals surface area contributed by atoms with E-state index in [2.05, 4.69) is 10.3 Å². The van der Waals surface area contributed by atoms with Gasteiger partial charge in [0.05, 0.1) is 5.45 Å². The van der Waals surface area contributed by atoms with Crippen LogP contribution in [-0.4, -0.2) is 31.1 Å². The van der Waals surface area contributed by atoms with Gasteiger partial charge < -0.3 is 34.6 Å². The zero-order chi connectivity index (χ0) is 16.5. The Balaban J connectivity index is -0.00000200. The van der Waals surface area contributed by atoms with Crippen molar-refractivity contribution >= 4 is 26.1 Å². The van der Waals surface area contributed by atoms with Gasteiger partial charge in [-0.2, -0.15) is 0 Å². The Morgan fingerprint density at radius 3 is 1.43 bits per heavy atom. The van der Waals surface area contributed by atoms with Crippen LogP contribution in [0.2, 0.25) is 0 Å². The van der Waals surface area contributed by atoms with E-state index < -0.39 is 26.1 Å². The molecule has 0 rings (SSSR count). The fourth-order valence-electron chi connectivity index (χ4n) is 1.59. The monoisotopic (exact) mass is 390 g/mol. The molecule has 0 amide bonds. The van der Waals surface area contributed by atoms with Crippen molar-refractivity contribution in [2.45, 2.75) is 44.9 Å². The molecule has 0 aromatic rings. The summed E-state index contributed by atoms with van der Waals surface area (Å²) < 4.78 is 21.4. The predicted molar refractivity (Wildman–Crippen MR) is 70.4 cm³/mol. The normalized spacial score (nSPS) is 13.2. The van der Waals surface area contributed by atoms with Gasteiger partial charge in [0, 0.05) is 6.42 Å². The van der Waals surface area contributed by atoms with Crippen molar-refractivity contribution in [3.05, 3.63) is 0 Å². The molecular formula is C9H18N2Na2O8P2. The number of oxime groups is 2. The first-order valence-corrected chi connectivity index (χ1v) is 9.29. The Morgan fingerprint density at radius 1 is 0.783 bits per heavy atom. The topological polar surface area (TPSA) is 186 Å². The van der Waals surface area contributed by atoms with E-state index in [1.165, 1.54) is 0 Å². The van der Waals surface area contributed by atoms with E-state index in [9.17, 15) is 18.9 Å².